The highest BCUT2D eigenvalue weighted by Crippen LogP contribution is 2.28. The zero-order valence-electron chi connectivity index (χ0n) is 7.05. The SMILES string of the molecule is Cc1nc(Cl)n2c1C(N)CCC2. The maximum atomic E-state index is 5.94. The number of nitrogens with two attached hydrogens (primary N) is 1. The minimum Gasteiger partial charge on any atom is -0.323 e. The summed E-state index contributed by atoms with van der Waals surface area (Å²) in [6, 6.07) is 0.124. The summed E-state index contributed by atoms with van der Waals surface area (Å²) in [6.45, 7) is 2.92. The average molecular weight is 186 g/mol. The number of nitrogens with zero attached hydrogens (tertiary/aromatic N) is 2. The summed E-state index contributed by atoms with van der Waals surface area (Å²) in [5, 5.41) is 0.581. The Balaban J connectivity index is 2.55. The lowest BCUT2D eigenvalue weighted by atomic mass is 10.0. The molecule has 1 aromatic rings. The first kappa shape index (κ1) is 8.08. The van der Waals surface area contributed by atoms with Gasteiger partial charge < -0.3 is 10.3 Å². The van der Waals surface area contributed by atoms with Gasteiger partial charge in [0.05, 0.1) is 11.4 Å². The minimum absolute atomic E-state index is 0.124. The van der Waals surface area contributed by atoms with Crippen LogP contribution in [-0.4, -0.2) is 9.55 Å². The third-order valence-corrected chi connectivity index (χ3v) is 2.68. The quantitative estimate of drug-likeness (QED) is 0.668. The molecule has 1 aromatic heterocycles. The molecule has 0 saturated heterocycles. The van der Waals surface area contributed by atoms with Crippen molar-refractivity contribution in [3.05, 3.63) is 16.7 Å². The molecule has 0 spiro atoms. The predicted octanol–water partition coefficient (Wildman–Crippen LogP) is 1.64. The summed E-state index contributed by atoms with van der Waals surface area (Å²) in [4.78, 5) is 4.19. The third kappa shape index (κ3) is 1.04. The van der Waals surface area contributed by atoms with Gasteiger partial charge in [0.2, 0.25) is 5.28 Å². The molecule has 66 valence electrons. The Morgan fingerprint density at radius 1 is 1.67 bits per heavy atom. The molecule has 0 fully saturated rings. The minimum atomic E-state index is 0.124. The van der Waals surface area contributed by atoms with Crippen molar-refractivity contribution in [2.24, 2.45) is 5.73 Å². The number of fused-ring (bicyclic) bond motifs is 1. The van der Waals surface area contributed by atoms with Gasteiger partial charge in [-0.05, 0) is 31.4 Å². The molecule has 2 rings (SSSR count). The topological polar surface area (TPSA) is 43.8 Å². The molecule has 0 aromatic carbocycles. The fourth-order valence-electron chi connectivity index (χ4n) is 1.84. The van der Waals surface area contributed by atoms with Crippen molar-refractivity contribution < 1.29 is 0 Å². The molecule has 2 heterocycles. The first-order valence-corrected chi connectivity index (χ1v) is 4.56. The zero-order chi connectivity index (χ0) is 8.72. The van der Waals surface area contributed by atoms with E-state index in [4.69, 9.17) is 17.3 Å². The normalized spacial score (nSPS) is 22.4. The molecule has 0 radical (unpaired) electrons. The second-order valence-electron chi connectivity index (χ2n) is 3.25. The van der Waals surface area contributed by atoms with Gasteiger partial charge in [0.25, 0.3) is 0 Å². The zero-order valence-corrected chi connectivity index (χ0v) is 7.80. The Morgan fingerprint density at radius 2 is 2.42 bits per heavy atom. The first-order valence-electron chi connectivity index (χ1n) is 4.18. The van der Waals surface area contributed by atoms with Crippen molar-refractivity contribution in [2.45, 2.75) is 32.4 Å². The van der Waals surface area contributed by atoms with Crippen LogP contribution in [0.3, 0.4) is 0 Å². The summed E-state index contributed by atoms with van der Waals surface area (Å²) in [5.74, 6) is 0. The van der Waals surface area contributed by atoms with Crippen LogP contribution in [0.15, 0.2) is 0 Å². The smallest absolute Gasteiger partial charge is 0.203 e. The molecular formula is C8H12ClN3. The molecule has 12 heavy (non-hydrogen) atoms. The van der Waals surface area contributed by atoms with E-state index >= 15 is 0 Å². The second kappa shape index (κ2) is 2.75. The Bertz CT molecular complexity index is 305. The lowest BCUT2D eigenvalue weighted by Crippen LogP contribution is -2.22. The Hall–Kier alpha value is -0.540. The number of hydrogen-bond acceptors (Lipinski definition) is 2. The van der Waals surface area contributed by atoms with Crippen molar-refractivity contribution in [1.82, 2.24) is 9.55 Å². The van der Waals surface area contributed by atoms with Crippen LogP contribution in [0.1, 0.15) is 30.3 Å². The van der Waals surface area contributed by atoms with E-state index in [-0.39, 0.29) is 6.04 Å². The second-order valence-corrected chi connectivity index (χ2v) is 3.59. The van der Waals surface area contributed by atoms with Gasteiger partial charge in [-0.25, -0.2) is 4.98 Å². The number of halogens is 1. The molecule has 3 nitrogen and oxygen atoms in total. The monoisotopic (exact) mass is 185 g/mol. The standard InChI is InChI=1S/C8H12ClN3/c1-5-7-6(10)3-2-4-12(7)8(9)11-5/h6H,2-4,10H2,1H3. The molecule has 0 amide bonds. The molecule has 1 aliphatic rings. The van der Waals surface area contributed by atoms with Crippen LogP contribution in [0.5, 0.6) is 0 Å². The van der Waals surface area contributed by atoms with Gasteiger partial charge in [0, 0.05) is 12.6 Å². The number of hydrogen-bond donors (Lipinski definition) is 1. The van der Waals surface area contributed by atoms with Gasteiger partial charge in [-0.1, -0.05) is 0 Å². The average Bonchev–Trinajstić information content (AvgIpc) is 2.29. The highest BCUT2D eigenvalue weighted by atomic mass is 35.5. The van der Waals surface area contributed by atoms with Crippen molar-refractivity contribution >= 4 is 11.6 Å². The number of imidazole rings is 1. The van der Waals surface area contributed by atoms with E-state index in [1.54, 1.807) is 0 Å². The van der Waals surface area contributed by atoms with E-state index in [1.165, 1.54) is 0 Å². The Morgan fingerprint density at radius 3 is 3.08 bits per heavy atom. The van der Waals surface area contributed by atoms with E-state index < -0.39 is 0 Å². The fraction of sp³-hybridized carbons (Fsp3) is 0.625. The van der Waals surface area contributed by atoms with E-state index in [1.807, 2.05) is 11.5 Å². The molecule has 1 aliphatic heterocycles. The lowest BCUT2D eigenvalue weighted by Gasteiger charge is -2.21. The Labute approximate surface area is 76.5 Å². The third-order valence-electron chi connectivity index (χ3n) is 2.39. The summed E-state index contributed by atoms with van der Waals surface area (Å²) in [6.07, 6.45) is 2.15. The highest BCUT2D eigenvalue weighted by Gasteiger charge is 2.22. The lowest BCUT2D eigenvalue weighted by molar-refractivity contribution is 0.461. The summed E-state index contributed by atoms with van der Waals surface area (Å²) >= 11 is 5.92. The predicted molar refractivity (Wildman–Crippen MR) is 48.1 cm³/mol. The number of aromatic nitrogens is 2. The van der Waals surface area contributed by atoms with Crippen LogP contribution in [0.25, 0.3) is 0 Å². The van der Waals surface area contributed by atoms with Crippen LogP contribution < -0.4 is 5.73 Å². The van der Waals surface area contributed by atoms with Crippen LogP contribution in [0.4, 0.5) is 0 Å². The van der Waals surface area contributed by atoms with Crippen molar-refractivity contribution in [2.75, 3.05) is 0 Å². The van der Waals surface area contributed by atoms with Crippen molar-refractivity contribution in [1.29, 1.82) is 0 Å². The van der Waals surface area contributed by atoms with Gasteiger partial charge in [-0.2, -0.15) is 0 Å². The summed E-state index contributed by atoms with van der Waals surface area (Å²) in [7, 11) is 0. The molecule has 1 atom stereocenters. The van der Waals surface area contributed by atoms with E-state index in [0.717, 1.165) is 30.8 Å². The highest BCUT2D eigenvalue weighted by molar-refractivity contribution is 6.28. The first-order chi connectivity index (χ1) is 5.70. The summed E-state index contributed by atoms with van der Waals surface area (Å²) < 4.78 is 2.02. The van der Waals surface area contributed by atoms with Crippen LogP contribution in [0, 0.1) is 6.92 Å². The fourth-order valence-corrected chi connectivity index (χ4v) is 2.14. The molecule has 0 saturated carbocycles. The Kier molecular flexibility index (Phi) is 1.85. The van der Waals surface area contributed by atoms with Crippen LogP contribution in [0.2, 0.25) is 5.28 Å². The molecule has 4 heteroatoms. The van der Waals surface area contributed by atoms with E-state index in [0.29, 0.717) is 5.28 Å². The van der Waals surface area contributed by atoms with Gasteiger partial charge in [-0.3, -0.25) is 0 Å². The van der Waals surface area contributed by atoms with Gasteiger partial charge >= 0.3 is 0 Å². The molecule has 0 bridgehead atoms. The largest absolute Gasteiger partial charge is 0.323 e. The number of aryl methyl sites for hydroxylation is 1. The van der Waals surface area contributed by atoms with Gasteiger partial charge in [0.1, 0.15) is 0 Å². The van der Waals surface area contributed by atoms with Crippen molar-refractivity contribution in [3.8, 4) is 0 Å². The van der Waals surface area contributed by atoms with Crippen LogP contribution >= 0.6 is 11.6 Å². The van der Waals surface area contributed by atoms with Gasteiger partial charge in [0.15, 0.2) is 0 Å². The molecule has 1 unspecified atom stereocenters. The maximum Gasteiger partial charge on any atom is 0.203 e. The van der Waals surface area contributed by atoms with Gasteiger partial charge in [-0.15, -0.1) is 0 Å². The maximum absolute atomic E-state index is 5.94. The van der Waals surface area contributed by atoms with E-state index in [2.05, 4.69) is 4.98 Å². The van der Waals surface area contributed by atoms with Crippen molar-refractivity contribution in [3.63, 3.8) is 0 Å². The summed E-state index contributed by atoms with van der Waals surface area (Å²) in [5.41, 5.74) is 8.04. The van der Waals surface area contributed by atoms with E-state index in [9.17, 15) is 0 Å². The number of rotatable bonds is 0. The van der Waals surface area contributed by atoms with Crippen LogP contribution in [-0.2, 0) is 6.54 Å². The molecular weight excluding hydrogens is 174 g/mol. The molecule has 2 N–H and O–H groups in total. The molecule has 0 aliphatic carbocycles.